The van der Waals surface area contributed by atoms with E-state index in [1.807, 2.05) is 37.3 Å². The van der Waals surface area contributed by atoms with Crippen LogP contribution in [-0.4, -0.2) is 20.9 Å². The van der Waals surface area contributed by atoms with Crippen molar-refractivity contribution in [3.8, 4) is 11.5 Å². The van der Waals surface area contributed by atoms with Gasteiger partial charge in [0, 0.05) is 5.69 Å². The van der Waals surface area contributed by atoms with Crippen molar-refractivity contribution in [2.75, 3.05) is 16.2 Å². The van der Waals surface area contributed by atoms with E-state index in [2.05, 4.69) is 5.32 Å². The number of aryl methyl sites for hydroxylation is 1. The third-order valence-corrected chi connectivity index (χ3v) is 6.91. The molecule has 35 heavy (non-hydrogen) atoms. The van der Waals surface area contributed by atoms with Gasteiger partial charge in [-0.1, -0.05) is 48.0 Å². The quantitative estimate of drug-likeness (QED) is 0.341. The summed E-state index contributed by atoms with van der Waals surface area (Å²) in [6, 6.07) is 27.5. The Labute approximate surface area is 203 Å². The summed E-state index contributed by atoms with van der Waals surface area (Å²) in [5, 5.41) is 2.66. The van der Waals surface area contributed by atoms with Gasteiger partial charge in [-0.3, -0.25) is 9.10 Å². The lowest BCUT2D eigenvalue weighted by Crippen LogP contribution is -2.38. The molecule has 0 unspecified atom stereocenters. The van der Waals surface area contributed by atoms with E-state index >= 15 is 0 Å². The first-order chi connectivity index (χ1) is 16.8. The number of hydrogen-bond donors (Lipinski definition) is 1. The molecule has 0 aliphatic heterocycles. The van der Waals surface area contributed by atoms with Crippen molar-refractivity contribution in [2.45, 2.75) is 11.8 Å². The fraction of sp³-hybridized carbons (Fsp3) is 0.0741. The smallest absolute Gasteiger partial charge is 0.264 e. The zero-order valence-corrected chi connectivity index (χ0v) is 19.7. The summed E-state index contributed by atoms with van der Waals surface area (Å²) in [7, 11) is -4.21. The first kappa shape index (κ1) is 24.0. The average Bonchev–Trinajstić information content (AvgIpc) is 2.85. The minimum atomic E-state index is -4.21. The van der Waals surface area contributed by atoms with Crippen LogP contribution < -0.4 is 14.4 Å². The van der Waals surface area contributed by atoms with E-state index in [0.717, 1.165) is 15.9 Å². The van der Waals surface area contributed by atoms with E-state index in [4.69, 9.17) is 4.74 Å². The number of halogens is 1. The number of rotatable bonds is 8. The number of carbonyl (C=O) groups is 1. The van der Waals surface area contributed by atoms with Gasteiger partial charge in [0.2, 0.25) is 5.91 Å². The third kappa shape index (κ3) is 5.85. The van der Waals surface area contributed by atoms with E-state index in [1.165, 1.54) is 30.3 Å². The van der Waals surface area contributed by atoms with Crippen molar-refractivity contribution >= 4 is 27.3 Å². The number of benzene rings is 4. The molecule has 0 atom stereocenters. The molecule has 6 nitrogen and oxygen atoms in total. The SMILES string of the molecule is Cc1ccc(S(=O)(=O)N(CC(=O)Nc2ccc(Oc3ccccc3)cc2)c2ccccc2F)cc1. The zero-order chi connectivity index (χ0) is 24.8. The van der Waals surface area contributed by atoms with Gasteiger partial charge in [0.25, 0.3) is 10.0 Å². The van der Waals surface area contributed by atoms with Crippen molar-refractivity contribution in [3.63, 3.8) is 0 Å². The number of nitrogens with one attached hydrogen (secondary N) is 1. The molecule has 4 aromatic carbocycles. The Balaban J connectivity index is 1.54. The first-order valence-corrected chi connectivity index (χ1v) is 12.2. The van der Waals surface area contributed by atoms with Gasteiger partial charge in [0.05, 0.1) is 10.6 Å². The predicted molar refractivity (Wildman–Crippen MR) is 134 cm³/mol. The van der Waals surface area contributed by atoms with Crippen LogP contribution in [0.3, 0.4) is 0 Å². The van der Waals surface area contributed by atoms with Crippen LogP contribution in [0.1, 0.15) is 5.56 Å². The van der Waals surface area contributed by atoms with Gasteiger partial charge in [0.15, 0.2) is 0 Å². The predicted octanol–water partition coefficient (Wildman–Crippen LogP) is 5.76. The van der Waals surface area contributed by atoms with Crippen LogP contribution in [0.15, 0.2) is 108 Å². The molecule has 0 radical (unpaired) electrons. The van der Waals surface area contributed by atoms with Crippen LogP contribution in [0.25, 0.3) is 0 Å². The van der Waals surface area contributed by atoms with Crippen molar-refractivity contribution in [1.29, 1.82) is 0 Å². The molecular weight excluding hydrogens is 467 g/mol. The molecule has 4 aromatic rings. The van der Waals surface area contributed by atoms with Crippen LogP contribution in [0.4, 0.5) is 15.8 Å². The van der Waals surface area contributed by atoms with E-state index in [9.17, 15) is 17.6 Å². The lowest BCUT2D eigenvalue weighted by atomic mass is 10.2. The second-order valence-electron chi connectivity index (χ2n) is 7.76. The number of hydrogen-bond acceptors (Lipinski definition) is 4. The summed E-state index contributed by atoms with van der Waals surface area (Å²) in [6.45, 7) is 1.22. The first-order valence-electron chi connectivity index (χ1n) is 10.8. The van der Waals surface area contributed by atoms with Crippen molar-refractivity contribution in [1.82, 2.24) is 0 Å². The lowest BCUT2D eigenvalue weighted by Gasteiger charge is -2.24. The summed E-state index contributed by atoms with van der Waals surface area (Å²) in [5.74, 6) is -0.130. The van der Waals surface area contributed by atoms with E-state index in [-0.39, 0.29) is 10.6 Å². The van der Waals surface area contributed by atoms with Gasteiger partial charge in [-0.05, 0) is 67.6 Å². The van der Waals surface area contributed by atoms with E-state index in [0.29, 0.717) is 17.2 Å². The fourth-order valence-corrected chi connectivity index (χ4v) is 4.78. The van der Waals surface area contributed by atoms with E-state index < -0.39 is 28.3 Å². The normalized spacial score (nSPS) is 11.0. The molecule has 0 spiro atoms. The Hall–Kier alpha value is -4.17. The summed E-state index contributed by atoms with van der Waals surface area (Å²) >= 11 is 0. The molecule has 0 fully saturated rings. The number of para-hydroxylation sites is 2. The molecule has 0 aliphatic rings. The van der Waals surface area contributed by atoms with Crippen molar-refractivity contribution < 1.29 is 22.3 Å². The molecule has 0 saturated carbocycles. The molecule has 1 amide bonds. The summed E-state index contributed by atoms with van der Waals surface area (Å²) in [4.78, 5) is 12.8. The van der Waals surface area contributed by atoms with Gasteiger partial charge in [-0.2, -0.15) is 0 Å². The van der Waals surface area contributed by atoms with Crippen LogP contribution in [0.5, 0.6) is 11.5 Å². The van der Waals surface area contributed by atoms with Crippen molar-refractivity contribution in [2.24, 2.45) is 0 Å². The Morgan fingerprint density at radius 1 is 0.829 bits per heavy atom. The molecule has 0 bridgehead atoms. The second-order valence-corrected chi connectivity index (χ2v) is 9.63. The topological polar surface area (TPSA) is 75.7 Å². The standard InChI is InChI=1S/C27H23FN2O4S/c1-20-11-17-24(18-12-20)35(32,33)30(26-10-6-5-9-25(26)28)19-27(31)29-21-13-15-23(16-14-21)34-22-7-3-2-4-8-22/h2-18H,19H2,1H3,(H,29,31). The summed E-state index contributed by atoms with van der Waals surface area (Å²) in [5.41, 5.74) is 1.10. The Morgan fingerprint density at radius 2 is 1.43 bits per heavy atom. The number of sulfonamides is 1. The highest BCUT2D eigenvalue weighted by molar-refractivity contribution is 7.92. The van der Waals surface area contributed by atoms with Gasteiger partial charge in [-0.15, -0.1) is 0 Å². The number of ether oxygens (including phenoxy) is 1. The van der Waals surface area contributed by atoms with Gasteiger partial charge < -0.3 is 10.1 Å². The highest BCUT2D eigenvalue weighted by Gasteiger charge is 2.29. The summed E-state index contributed by atoms with van der Waals surface area (Å²) in [6.07, 6.45) is 0. The van der Waals surface area contributed by atoms with E-state index in [1.54, 1.807) is 36.4 Å². The largest absolute Gasteiger partial charge is 0.457 e. The van der Waals surface area contributed by atoms with Crippen LogP contribution in [-0.2, 0) is 14.8 Å². The zero-order valence-electron chi connectivity index (χ0n) is 18.9. The van der Waals surface area contributed by atoms with Crippen LogP contribution in [0.2, 0.25) is 0 Å². The molecular formula is C27H23FN2O4S. The second kappa shape index (κ2) is 10.4. The minimum Gasteiger partial charge on any atom is -0.457 e. The number of nitrogens with zero attached hydrogens (tertiary/aromatic N) is 1. The molecule has 178 valence electrons. The molecule has 0 saturated heterocycles. The fourth-order valence-electron chi connectivity index (χ4n) is 3.35. The highest BCUT2D eigenvalue weighted by atomic mass is 32.2. The molecule has 0 aliphatic carbocycles. The lowest BCUT2D eigenvalue weighted by molar-refractivity contribution is -0.114. The molecule has 1 N–H and O–H groups in total. The summed E-state index contributed by atoms with van der Waals surface area (Å²) < 4.78 is 47.8. The average molecular weight is 491 g/mol. The molecule has 8 heteroatoms. The number of amides is 1. The van der Waals surface area contributed by atoms with Gasteiger partial charge >= 0.3 is 0 Å². The van der Waals surface area contributed by atoms with Gasteiger partial charge in [0.1, 0.15) is 23.9 Å². The molecule has 0 heterocycles. The van der Waals surface area contributed by atoms with Crippen LogP contribution >= 0.6 is 0 Å². The Morgan fingerprint density at radius 3 is 2.09 bits per heavy atom. The van der Waals surface area contributed by atoms with Gasteiger partial charge in [-0.25, -0.2) is 12.8 Å². The van der Waals surface area contributed by atoms with Crippen molar-refractivity contribution in [3.05, 3.63) is 115 Å². The molecule has 4 rings (SSSR count). The third-order valence-electron chi connectivity index (χ3n) is 5.13. The number of anilines is 2. The number of carbonyl (C=O) groups excluding carboxylic acids is 1. The van der Waals surface area contributed by atoms with Crippen LogP contribution in [0, 0.1) is 12.7 Å². The molecule has 0 aromatic heterocycles. The maximum atomic E-state index is 14.6. The monoisotopic (exact) mass is 490 g/mol. The highest BCUT2D eigenvalue weighted by Crippen LogP contribution is 2.27. The minimum absolute atomic E-state index is 0.0402. The maximum absolute atomic E-state index is 14.6. The Bertz CT molecular complexity index is 1410. The Kier molecular flexibility index (Phi) is 7.12. The maximum Gasteiger partial charge on any atom is 0.264 e.